The topological polar surface area (TPSA) is 67.7 Å². The van der Waals surface area contributed by atoms with Gasteiger partial charge in [0.1, 0.15) is 12.4 Å². The van der Waals surface area contributed by atoms with Crippen molar-refractivity contribution in [2.75, 3.05) is 26.2 Å². The first kappa shape index (κ1) is 23.6. The van der Waals surface area contributed by atoms with Crippen molar-refractivity contribution in [3.05, 3.63) is 89.5 Å². The van der Waals surface area contributed by atoms with E-state index in [2.05, 4.69) is 5.10 Å². The van der Waals surface area contributed by atoms with Gasteiger partial charge in [0.05, 0.1) is 24.5 Å². The van der Waals surface area contributed by atoms with E-state index in [1.165, 1.54) is 23.2 Å². The fourth-order valence-electron chi connectivity index (χ4n) is 4.03. The minimum Gasteiger partial charge on any atom is -0.370 e. The Morgan fingerprint density at radius 3 is 2.65 bits per heavy atom. The second-order valence-corrected chi connectivity index (χ2v) is 8.41. The molecule has 1 aliphatic heterocycles. The summed E-state index contributed by atoms with van der Waals surface area (Å²) in [6.07, 6.45) is 3.51. The molecule has 8 heteroatoms. The summed E-state index contributed by atoms with van der Waals surface area (Å²) in [6.45, 7) is 3.91. The first-order valence-corrected chi connectivity index (χ1v) is 11.5. The molecule has 2 aromatic carbocycles. The zero-order chi connectivity index (χ0) is 23.9. The largest absolute Gasteiger partial charge is 0.370 e. The summed E-state index contributed by atoms with van der Waals surface area (Å²) >= 11 is 0. The van der Waals surface area contributed by atoms with Crippen molar-refractivity contribution in [3.63, 3.8) is 0 Å². The molecular weight excluding hydrogens is 435 g/mol. The average Bonchev–Trinajstić information content (AvgIpc) is 3.27. The lowest BCUT2D eigenvalue weighted by atomic mass is 10.1. The van der Waals surface area contributed by atoms with Crippen LogP contribution in [0.4, 0.5) is 4.39 Å². The van der Waals surface area contributed by atoms with Gasteiger partial charge in [-0.15, -0.1) is 0 Å². The third-order valence-electron chi connectivity index (χ3n) is 5.91. The maximum atomic E-state index is 13.6. The van der Waals surface area contributed by atoms with E-state index < -0.39 is 6.10 Å². The van der Waals surface area contributed by atoms with E-state index >= 15 is 0 Å². The van der Waals surface area contributed by atoms with Crippen molar-refractivity contribution >= 4 is 11.8 Å². The highest BCUT2D eigenvalue weighted by Crippen LogP contribution is 2.15. The Balaban J connectivity index is 1.49. The SMILES string of the molecule is CCn1cc(C(=O)N2CC(=O)N(CCc3ccccc3)CC(OCc3cccc(F)c3)C2)cn1. The van der Waals surface area contributed by atoms with Crippen LogP contribution in [-0.2, 0) is 29.1 Å². The third-order valence-corrected chi connectivity index (χ3v) is 5.91. The van der Waals surface area contributed by atoms with Crippen LogP contribution in [0.5, 0.6) is 0 Å². The Labute approximate surface area is 198 Å². The van der Waals surface area contributed by atoms with Gasteiger partial charge in [0.2, 0.25) is 5.91 Å². The number of aromatic nitrogens is 2. The number of ether oxygens (including phenoxy) is 1. The molecule has 0 aliphatic carbocycles. The fourth-order valence-corrected chi connectivity index (χ4v) is 4.03. The van der Waals surface area contributed by atoms with Crippen molar-refractivity contribution in [2.24, 2.45) is 0 Å². The molecule has 0 bridgehead atoms. The number of rotatable bonds is 8. The highest BCUT2D eigenvalue weighted by Gasteiger charge is 2.31. The molecular formula is C26H29FN4O3. The first-order valence-electron chi connectivity index (χ1n) is 11.5. The number of hydrogen-bond donors (Lipinski definition) is 0. The van der Waals surface area contributed by atoms with Gasteiger partial charge in [-0.05, 0) is 36.6 Å². The van der Waals surface area contributed by atoms with Gasteiger partial charge in [-0.3, -0.25) is 14.3 Å². The van der Waals surface area contributed by atoms with Crippen LogP contribution in [0.15, 0.2) is 67.0 Å². The van der Waals surface area contributed by atoms with Gasteiger partial charge in [-0.25, -0.2) is 4.39 Å². The summed E-state index contributed by atoms with van der Waals surface area (Å²) in [5.74, 6) is -0.701. The van der Waals surface area contributed by atoms with Gasteiger partial charge < -0.3 is 14.5 Å². The number of benzene rings is 2. The number of carbonyl (C=O) groups excluding carboxylic acids is 2. The molecule has 1 atom stereocenters. The molecule has 0 N–H and O–H groups in total. The highest BCUT2D eigenvalue weighted by molar-refractivity contribution is 5.96. The van der Waals surface area contributed by atoms with E-state index in [9.17, 15) is 14.0 Å². The molecule has 34 heavy (non-hydrogen) atoms. The minimum absolute atomic E-state index is 0.0231. The van der Waals surface area contributed by atoms with E-state index in [0.717, 1.165) is 5.56 Å². The maximum Gasteiger partial charge on any atom is 0.257 e. The van der Waals surface area contributed by atoms with Crippen LogP contribution in [0.1, 0.15) is 28.4 Å². The Morgan fingerprint density at radius 1 is 1.12 bits per heavy atom. The Morgan fingerprint density at radius 2 is 1.91 bits per heavy atom. The molecule has 3 aromatic rings. The normalized spacial score (nSPS) is 16.5. The van der Waals surface area contributed by atoms with Gasteiger partial charge in [0.25, 0.3) is 5.91 Å². The minimum atomic E-state index is -0.407. The molecule has 2 amide bonds. The lowest BCUT2D eigenvalue weighted by molar-refractivity contribution is -0.131. The van der Waals surface area contributed by atoms with Crippen LogP contribution in [-0.4, -0.2) is 63.7 Å². The van der Waals surface area contributed by atoms with Crippen molar-refractivity contribution < 1.29 is 18.7 Å². The van der Waals surface area contributed by atoms with Crippen molar-refractivity contribution in [3.8, 4) is 0 Å². The number of halogens is 1. The Kier molecular flexibility index (Phi) is 7.69. The molecule has 0 saturated carbocycles. The summed E-state index contributed by atoms with van der Waals surface area (Å²) in [5, 5.41) is 4.18. The number of hydrogen-bond acceptors (Lipinski definition) is 4. The molecule has 1 unspecified atom stereocenters. The van der Waals surface area contributed by atoms with Gasteiger partial charge in [0.15, 0.2) is 0 Å². The molecule has 1 aromatic heterocycles. The number of amides is 2. The standard InChI is InChI=1S/C26H29FN4O3/c1-2-31-15-22(14-28-31)26(33)30-17-24(34-19-21-9-6-10-23(27)13-21)16-29(25(32)18-30)12-11-20-7-4-3-5-8-20/h3-10,13-15,24H,2,11-12,16-19H2,1H3. The molecule has 4 rings (SSSR count). The number of aryl methyl sites for hydroxylation is 1. The molecule has 1 saturated heterocycles. The second-order valence-electron chi connectivity index (χ2n) is 8.41. The van der Waals surface area contributed by atoms with Gasteiger partial charge in [-0.1, -0.05) is 42.5 Å². The smallest absolute Gasteiger partial charge is 0.257 e. The predicted octanol–water partition coefficient (Wildman–Crippen LogP) is 3.15. The van der Waals surface area contributed by atoms with Crippen LogP contribution in [0, 0.1) is 5.82 Å². The van der Waals surface area contributed by atoms with E-state index in [0.29, 0.717) is 37.2 Å². The zero-order valence-corrected chi connectivity index (χ0v) is 19.3. The summed E-state index contributed by atoms with van der Waals surface area (Å²) in [4.78, 5) is 29.6. The highest BCUT2D eigenvalue weighted by atomic mass is 19.1. The lowest BCUT2D eigenvalue weighted by Gasteiger charge is -2.25. The van der Waals surface area contributed by atoms with Crippen LogP contribution >= 0.6 is 0 Å². The van der Waals surface area contributed by atoms with Gasteiger partial charge in [-0.2, -0.15) is 5.10 Å². The monoisotopic (exact) mass is 464 g/mol. The van der Waals surface area contributed by atoms with Crippen LogP contribution in [0.25, 0.3) is 0 Å². The number of nitrogens with zero attached hydrogens (tertiary/aromatic N) is 4. The second kappa shape index (κ2) is 11.1. The van der Waals surface area contributed by atoms with Gasteiger partial charge >= 0.3 is 0 Å². The summed E-state index contributed by atoms with van der Waals surface area (Å²) in [7, 11) is 0. The van der Waals surface area contributed by atoms with Crippen LogP contribution < -0.4 is 0 Å². The predicted molar refractivity (Wildman–Crippen MR) is 126 cm³/mol. The summed E-state index contributed by atoms with van der Waals surface area (Å²) < 4.78 is 21.4. The molecule has 2 heterocycles. The lowest BCUT2D eigenvalue weighted by Crippen LogP contribution is -2.40. The molecule has 0 spiro atoms. The molecule has 7 nitrogen and oxygen atoms in total. The Hall–Kier alpha value is -3.52. The van der Waals surface area contributed by atoms with Crippen molar-refractivity contribution in [2.45, 2.75) is 32.6 Å². The van der Waals surface area contributed by atoms with Crippen LogP contribution in [0.2, 0.25) is 0 Å². The summed E-state index contributed by atoms with van der Waals surface area (Å²) in [6, 6.07) is 16.2. The van der Waals surface area contributed by atoms with E-state index in [4.69, 9.17) is 4.74 Å². The number of carbonyl (C=O) groups is 2. The van der Waals surface area contributed by atoms with E-state index in [-0.39, 0.29) is 37.3 Å². The molecule has 1 fully saturated rings. The average molecular weight is 465 g/mol. The van der Waals surface area contributed by atoms with Crippen LogP contribution in [0.3, 0.4) is 0 Å². The third kappa shape index (κ3) is 6.08. The summed E-state index contributed by atoms with van der Waals surface area (Å²) in [5.41, 5.74) is 2.28. The van der Waals surface area contributed by atoms with Crippen molar-refractivity contribution in [1.29, 1.82) is 0 Å². The Bertz CT molecular complexity index is 1120. The van der Waals surface area contributed by atoms with Crippen molar-refractivity contribution in [1.82, 2.24) is 19.6 Å². The first-order chi connectivity index (χ1) is 16.5. The van der Waals surface area contributed by atoms with E-state index in [1.54, 1.807) is 27.9 Å². The molecule has 1 aliphatic rings. The molecule has 0 radical (unpaired) electrons. The van der Waals surface area contributed by atoms with E-state index in [1.807, 2.05) is 37.3 Å². The molecule has 178 valence electrons. The zero-order valence-electron chi connectivity index (χ0n) is 19.3. The van der Waals surface area contributed by atoms with Gasteiger partial charge in [0, 0.05) is 32.4 Å². The fraction of sp³-hybridized carbons (Fsp3) is 0.346. The maximum absolute atomic E-state index is 13.6. The quantitative estimate of drug-likeness (QED) is 0.514.